The quantitative estimate of drug-likeness (QED) is 0.690. The van der Waals surface area contributed by atoms with Gasteiger partial charge in [0.2, 0.25) is 0 Å². The molecule has 1 rings (SSSR count). The molecule has 0 bridgehead atoms. The van der Waals surface area contributed by atoms with Gasteiger partial charge in [0.1, 0.15) is 0 Å². The highest BCUT2D eigenvalue weighted by atomic mass is 16.4. The van der Waals surface area contributed by atoms with Crippen LogP contribution in [0.5, 0.6) is 0 Å². The van der Waals surface area contributed by atoms with Crippen molar-refractivity contribution in [3.8, 4) is 0 Å². The highest BCUT2D eigenvalue weighted by Crippen LogP contribution is 2.15. The van der Waals surface area contributed by atoms with Gasteiger partial charge in [-0.15, -0.1) is 0 Å². The lowest BCUT2D eigenvalue weighted by Crippen LogP contribution is -2.40. The maximum absolute atomic E-state index is 10.4. The Morgan fingerprint density at radius 1 is 1.62 bits per heavy atom. The van der Waals surface area contributed by atoms with Gasteiger partial charge in [-0.25, -0.2) is 0 Å². The predicted molar refractivity (Wildman–Crippen MR) is 64.6 cm³/mol. The molecule has 16 heavy (non-hydrogen) atoms. The number of nitrogens with one attached hydrogen (secondary N) is 1. The van der Waals surface area contributed by atoms with E-state index in [0.29, 0.717) is 18.5 Å². The molecule has 0 aromatic rings. The fourth-order valence-electron chi connectivity index (χ4n) is 2.32. The highest BCUT2D eigenvalue weighted by Gasteiger charge is 2.22. The molecular formula is C12H24N2O2. The summed E-state index contributed by atoms with van der Waals surface area (Å²) in [5.41, 5.74) is 0. The van der Waals surface area contributed by atoms with Crippen LogP contribution in [0.15, 0.2) is 0 Å². The van der Waals surface area contributed by atoms with E-state index in [0.717, 1.165) is 13.1 Å². The molecule has 2 N–H and O–H groups in total. The summed E-state index contributed by atoms with van der Waals surface area (Å²) < 4.78 is 0. The summed E-state index contributed by atoms with van der Waals surface area (Å²) >= 11 is 0. The van der Waals surface area contributed by atoms with Crippen molar-refractivity contribution in [1.29, 1.82) is 0 Å². The van der Waals surface area contributed by atoms with E-state index in [-0.39, 0.29) is 6.42 Å². The summed E-state index contributed by atoms with van der Waals surface area (Å²) in [6.45, 7) is 7.59. The number of hydrogen-bond acceptors (Lipinski definition) is 3. The zero-order valence-electron chi connectivity index (χ0n) is 10.4. The Labute approximate surface area is 98.0 Å². The van der Waals surface area contributed by atoms with E-state index in [1.165, 1.54) is 19.4 Å². The van der Waals surface area contributed by atoms with Crippen molar-refractivity contribution in [3.63, 3.8) is 0 Å². The molecule has 1 heterocycles. The van der Waals surface area contributed by atoms with Crippen LogP contribution in [0.2, 0.25) is 0 Å². The lowest BCUT2D eigenvalue weighted by molar-refractivity contribution is -0.137. The van der Waals surface area contributed by atoms with Crippen LogP contribution in [0.1, 0.15) is 39.5 Å². The number of carboxylic acids is 1. The van der Waals surface area contributed by atoms with Crippen LogP contribution < -0.4 is 5.32 Å². The minimum atomic E-state index is -0.704. The van der Waals surface area contributed by atoms with Gasteiger partial charge in [-0.05, 0) is 39.3 Å². The molecule has 2 atom stereocenters. The number of likely N-dealkylation sites (tertiary alicyclic amines) is 1. The molecule has 94 valence electrons. The maximum atomic E-state index is 10.4. The van der Waals surface area contributed by atoms with Crippen molar-refractivity contribution in [3.05, 3.63) is 0 Å². The number of carbonyl (C=O) groups is 1. The molecule has 0 amide bonds. The van der Waals surface area contributed by atoms with E-state index >= 15 is 0 Å². The van der Waals surface area contributed by atoms with Gasteiger partial charge in [-0.2, -0.15) is 0 Å². The summed E-state index contributed by atoms with van der Waals surface area (Å²) in [6, 6.07) is 0.952. The first-order valence-electron chi connectivity index (χ1n) is 6.32. The van der Waals surface area contributed by atoms with Gasteiger partial charge in [0, 0.05) is 25.0 Å². The summed E-state index contributed by atoms with van der Waals surface area (Å²) in [5.74, 6) is -0.704. The molecule has 1 aliphatic heterocycles. The smallest absolute Gasteiger partial charge is 0.303 e. The number of aliphatic carboxylic acids is 1. The molecule has 1 saturated heterocycles. The largest absolute Gasteiger partial charge is 0.481 e. The number of nitrogens with zero attached hydrogens (tertiary/aromatic N) is 1. The topological polar surface area (TPSA) is 52.6 Å². The third-order valence-corrected chi connectivity index (χ3v) is 3.40. The molecule has 0 aromatic carbocycles. The summed E-state index contributed by atoms with van der Waals surface area (Å²) in [6.07, 6.45) is 3.54. The van der Waals surface area contributed by atoms with Gasteiger partial charge >= 0.3 is 5.97 Å². The third kappa shape index (κ3) is 4.49. The lowest BCUT2D eigenvalue weighted by atomic mass is 10.1. The van der Waals surface area contributed by atoms with Crippen LogP contribution in [0.4, 0.5) is 0 Å². The van der Waals surface area contributed by atoms with Crippen LogP contribution in [0.25, 0.3) is 0 Å². The first kappa shape index (κ1) is 13.5. The Bertz CT molecular complexity index is 221. The molecule has 0 aliphatic carbocycles. The zero-order valence-corrected chi connectivity index (χ0v) is 10.4. The standard InChI is InChI=1S/C12H24N2O2/c1-3-14-8-4-5-11(14)9-13-10(2)6-7-12(15)16/h10-11,13H,3-9H2,1-2H3,(H,15,16). The van der Waals surface area contributed by atoms with E-state index in [2.05, 4.69) is 24.1 Å². The fourth-order valence-corrected chi connectivity index (χ4v) is 2.32. The van der Waals surface area contributed by atoms with Crippen molar-refractivity contribution in [2.24, 2.45) is 0 Å². The molecule has 0 radical (unpaired) electrons. The minimum Gasteiger partial charge on any atom is -0.481 e. The second-order valence-electron chi connectivity index (χ2n) is 4.67. The van der Waals surface area contributed by atoms with Gasteiger partial charge in [-0.1, -0.05) is 6.92 Å². The fraction of sp³-hybridized carbons (Fsp3) is 0.917. The van der Waals surface area contributed by atoms with Crippen molar-refractivity contribution in [2.75, 3.05) is 19.6 Å². The van der Waals surface area contributed by atoms with E-state index < -0.39 is 5.97 Å². The molecule has 0 aromatic heterocycles. The average molecular weight is 228 g/mol. The highest BCUT2D eigenvalue weighted by molar-refractivity contribution is 5.66. The van der Waals surface area contributed by atoms with Crippen LogP contribution in [0, 0.1) is 0 Å². The van der Waals surface area contributed by atoms with Gasteiger partial charge in [0.25, 0.3) is 0 Å². The Hall–Kier alpha value is -0.610. The molecule has 4 nitrogen and oxygen atoms in total. The minimum absolute atomic E-state index is 0.260. The van der Waals surface area contributed by atoms with E-state index in [9.17, 15) is 4.79 Å². The Kier molecular flexibility index (Phi) is 5.77. The number of carboxylic acid groups (broad SMARTS) is 1. The van der Waals surface area contributed by atoms with Crippen molar-refractivity contribution in [1.82, 2.24) is 10.2 Å². The average Bonchev–Trinajstić information content (AvgIpc) is 2.70. The number of hydrogen-bond donors (Lipinski definition) is 2. The zero-order chi connectivity index (χ0) is 12.0. The molecule has 4 heteroatoms. The van der Waals surface area contributed by atoms with Crippen LogP contribution in [0.3, 0.4) is 0 Å². The molecule has 0 spiro atoms. The lowest BCUT2D eigenvalue weighted by Gasteiger charge is -2.24. The van der Waals surface area contributed by atoms with Gasteiger partial charge < -0.3 is 10.4 Å². The summed E-state index contributed by atoms with van der Waals surface area (Å²) in [4.78, 5) is 12.9. The Morgan fingerprint density at radius 3 is 3.00 bits per heavy atom. The molecule has 2 unspecified atom stereocenters. The first-order chi connectivity index (χ1) is 7.63. The van der Waals surface area contributed by atoms with Crippen molar-refractivity contribution >= 4 is 5.97 Å². The van der Waals surface area contributed by atoms with Crippen molar-refractivity contribution < 1.29 is 9.90 Å². The molecule has 0 saturated carbocycles. The van der Waals surface area contributed by atoms with E-state index in [1.54, 1.807) is 0 Å². The van der Waals surface area contributed by atoms with Crippen molar-refractivity contribution in [2.45, 2.75) is 51.6 Å². The second-order valence-corrected chi connectivity index (χ2v) is 4.67. The molecule has 1 aliphatic rings. The molecule has 1 fully saturated rings. The van der Waals surface area contributed by atoms with Gasteiger partial charge in [0.15, 0.2) is 0 Å². The van der Waals surface area contributed by atoms with Crippen LogP contribution >= 0.6 is 0 Å². The maximum Gasteiger partial charge on any atom is 0.303 e. The predicted octanol–water partition coefficient (Wildman–Crippen LogP) is 1.31. The number of rotatable bonds is 7. The Morgan fingerprint density at radius 2 is 2.38 bits per heavy atom. The van der Waals surface area contributed by atoms with Crippen LogP contribution in [-0.4, -0.2) is 47.7 Å². The van der Waals surface area contributed by atoms with E-state index in [4.69, 9.17) is 5.11 Å². The summed E-state index contributed by atoms with van der Waals surface area (Å²) in [5, 5.41) is 12.0. The van der Waals surface area contributed by atoms with Gasteiger partial charge in [0.05, 0.1) is 0 Å². The number of likely N-dealkylation sites (N-methyl/N-ethyl adjacent to an activating group) is 1. The van der Waals surface area contributed by atoms with Gasteiger partial charge in [-0.3, -0.25) is 9.69 Å². The monoisotopic (exact) mass is 228 g/mol. The van der Waals surface area contributed by atoms with E-state index in [1.807, 2.05) is 0 Å². The molecular weight excluding hydrogens is 204 g/mol. The normalized spacial score (nSPS) is 23.5. The third-order valence-electron chi connectivity index (χ3n) is 3.40. The Balaban J connectivity index is 2.15. The summed E-state index contributed by atoms with van der Waals surface area (Å²) in [7, 11) is 0. The second kappa shape index (κ2) is 6.86. The SMILES string of the molecule is CCN1CCCC1CNC(C)CCC(=O)O. The first-order valence-corrected chi connectivity index (χ1v) is 6.32. The van der Waals surface area contributed by atoms with Crippen LogP contribution in [-0.2, 0) is 4.79 Å².